The minimum Gasteiger partial charge on any atom is -0.493 e. The Kier molecular flexibility index (Phi) is 4.32. The lowest BCUT2D eigenvalue weighted by atomic mass is 10.1. The molecule has 1 atom stereocenters. The number of nitrogens with one attached hydrogen (secondary N) is 1. The summed E-state index contributed by atoms with van der Waals surface area (Å²) in [4.78, 5) is 13.7. The highest BCUT2D eigenvalue weighted by Crippen LogP contribution is 2.43. The van der Waals surface area contributed by atoms with Crippen LogP contribution in [0.1, 0.15) is 30.4 Å². The molecular formula is C20H22N4O2. The molecule has 0 aliphatic heterocycles. The molecule has 1 aromatic carbocycles. The normalized spacial score (nSPS) is 14.9. The average Bonchev–Trinajstić information content (AvgIpc) is 3.50. The van der Waals surface area contributed by atoms with Crippen molar-refractivity contribution in [2.45, 2.75) is 25.8 Å². The van der Waals surface area contributed by atoms with E-state index in [9.17, 15) is 0 Å². The molecule has 1 unspecified atom stereocenters. The summed E-state index contributed by atoms with van der Waals surface area (Å²) < 4.78 is 10.9. The molecule has 1 aliphatic carbocycles. The molecular weight excluding hydrogens is 328 g/mol. The maximum atomic E-state index is 5.46. The number of rotatable bonds is 6. The fourth-order valence-electron chi connectivity index (χ4n) is 3.20. The third-order valence-electron chi connectivity index (χ3n) is 4.75. The van der Waals surface area contributed by atoms with Gasteiger partial charge in [-0.15, -0.1) is 0 Å². The van der Waals surface area contributed by atoms with Crippen LogP contribution in [0.15, 0.2) is 36.7 Å². The molecule has 6 nitrogen and oxygen atoms in total. The van der Waals surface area contributed by atoms with Gasteiger partial charge in [0.2, 0.25) is 0 Å². The molecule has 0 saturated heterocycles. The Morgan fingerprint density at radius 3 is 2.46 bits per heavy atom. The molecule has 1 aliphatic rings. The smallest absolute Gasteiger partial charge is 0.161 e. The Morgan fingerprint density at radius 1 is 1.04 bits per heavy atom. The van der Waals surface area contributed by atoms with Crippen molar-refractivity contribution in [1.82, 2.24) is 15.0 Å². The van der Waals surface area contributed by atoms with Gasteiger partial charge in [0.15, 0.2) is 17.3 Å². The third-order valence-corrected chi connectivity index (χ3v) is 4.75. The van der Waals surface area contributed by atoms with Crippen LogP contribution in [0.25, 0.3) is 10.8 Å². The number of pyridine rings is 1. The van der Waals surface area contributed by atoms with Gasteiger partial charge in [0.25, 0.3) is 0 Å². The van der Waals surface area contributed by atoms with Crippen molar-refractivity contribution >= 4 is 16.6 Å². The zero-order chi connectivity index (χ0) is 18.1. The number of ether oxygens (including phenoxy) is 2. The van der Waals surface area contributed by atoms with Crippen LogP contribution in [-0.2, 0) is 0 Å². The summed E-state index contributed by atoms with van der Waals surface area (Å²) in [6.07, 6.45) is 5.98. The van der Waals surface area contributed by atoms with Crippen molar-refractivity contribution in [3.8, 4) is 11.5 Å². The molecule has 0 bridgehead atoms. The van der Waals surface area contributed by atoms with Crippen molar-refractivity contribution in [3.05, 3.63) is 48.2 Å². The monoisotopic (exact) mass is 350 g/mol. The number of benzene rings is 1. The standard InChI is InChI=1S/C20H22N4O2/c1-12-6-8-22-20(23-12)18(13-4-5-13)24-19-15-11-17(26-3)16(25-2)10-14(15)7-9-21-19/h6-11,13,18H,4-5H2,1-3H3,(H,21,24). The van der Waals surface area contributed by atoms with Crippen LogP contribution < -0.4 is 14.8 Å². The van der Waals surface area contributed by atoms with E-state index in [-0.39, 0.29) is 6.04 Å². The Labute approximate surface area is 152 Å². The van der Waals surface area contributed by atoms with Crippen LogP contribution in [-0.4, -0.2) is 29.2 Å². The first-order valence-corrected chi connectivity index (χ1v) is 8.76. The van der Waals surface area contributed by atoms with Gasteiger partial charge in [0.05, 0.1) is 20.3 Å². The number of aryl methyl sites for hydroxylation is 1. The van der Waals surface area contributed by atoms with Gasteiger partial charge in [-0.25, -0.2) is 15.0 Å². The quantitative estimate of drug-likeness (QED) is 0.727. The van der Waals surface area contributed by atoms with Gasteiger partial charge in [0.1, 0.15) is 5.82 Å². The number of anilines is 1. The SMILES string of the molecule is COc1cc2ccnc(NC(c3nccc(C)n3)C3CC3)c2cc1OC. The topological polar surface area (TPSA) is 69.2 Å². The number of hydrogen-bond acceptors (Lipinski definition) is 6. The second-order valence-corrected chi connectivity index (χ2v) is 6.60. The number of hydrogen-bond donors (Lipinski definition) is 1. The van der Waals surface area contributed by atoms with Crippen molar-refractivity contribution in [2.24, 2.45) is 5.92 Å². The molecule has 1 saturated carbocycles. The summed E-state index contributed by atoms with van der Waals surface area (Å²) in [5.74, 6) is 3.56. The van der Waals surface area contributed by atoms with Gasteiger partial charge in [-0.3, -0.25) is 0 Å². The molecule has 134 valence electrons. The minimum atomic E-state index is 0.0566. The van der Waals surface area contributed by atoms with Crippen molar-refractivity contribution < 1.29 is 9.47 Å². The first kappa shape index (κ1) is 16.6. The molecule has 0 radical (unpaired) electrons. The molecule has 26 heavy (non-hydrogen) atoms. The van der Waals surface area contributed by atoms with Gasteiger partial charge >= 0.3 is 0 Å². The molecule has 1 N–H and O–H groups in total. The van der Waals surface area contributed by atoms with Crippen LogP contribution >= 0.6 is 0 Å². The van der Waals surface area contributed by atoms with E-state index >= 15 is 0 Å². The molecule has 4 rings (SSSR count). The van der Waals surface area contributed by atoms with Crippen molar-refractivity contribution in [2.75, 3.05) is 19.5 Å². The fraction of sp³-hybridized carbons (Fsp3) is 0.350. The highest BCUT2D eigenvalue weighted by molar-refractivity contribution is 5.94. The van der Waals surface area contributed by atoms with Crippen LogP contribution in [0.2, 0.25) is 0 Å². The van der Waals surface area contributed by atoms with Gasteiger partial charge < -0.3 is 14.8 Å². The van der Waals surface area contributed by atoms with E-state index in [0.717, 1.165) is 28.1 Å². The third kappa shape index (κ3) is 3.14. The van der Waals surface area contributed by atoms with E-state index in [4.69, 9.17) is 9.47 Å². The molecule has 0 amide bonds. The Balaban J connectivity index is 1.75. The predicted molar refractivity (Wildman–Crippen MR) is 101 cm³/mol. The number of fused-ring (bicyclic) bond motifs is 1. The number of aromatic nitrogens is 3. The summed E-state index contributed by atoms with van der Waals surface area (Å²) >= 11 is 0. The zero-order valence-electron chi connectivity index (χ0n) is 15.2. The summed E-state index contributed by atoms with van der Waals surface area (Å²) in [5, 5.41) is 5.61. The zero-order valence-corrected chi connectivity index (χ0v) is 15.2. The van der Waals surface area contributed by atoms with E-state index in [0.29, 0.717) is 17.4 Å². The molecule has 6 heteroatoms. The predicted octanol–water partition coefficient (Wildman–Crippen LogP) is 3.91. The van der Waals surface area contributed by atoms with Gasteiger partial charge in [0, 0.05) is 23.5 Å². The van der Waals surface area contributed by atoms with E-state index in [1.807, 2.05) is 37.4 Å². The van der Waals surface area contributed by atoms with Crippen LogP contribution in [0.4, 0.5) is 5.82 Å². The lowest BCUT2D eigenvalue weighted by Gasteiger charge is -2.19. The molecule has 0 spiro atoms. The highest BCUT2D eigenvalue weighted by atomic mass is 16.5. The minimum absolute atomic E-state index is 0.0566. The van der Waals surface area contributed by atoms with E-state index in [1.165, 1.54) is 12.8 Å². The average molecular weight is 350 g/mol. The van der Waals surface area contributed by atoms with Crippen molar-refractivity contribution in [3.63, 3.8) is 0 Å². The van der Waals surface area contributed by atoms with Crippen LogP contribution in [0, 0.1) is 12.8 Å². The first-order valence-electron chi connectivity index (χ1n) is 8.76. The van der Waals surface area contributed by atoms with Crippen LogP contribution in [0.3, 0.4) is 0 Å². The van der Waals surface area contributed by atoms with Crippen molar-refractivity contribution in [1.29, 1.82) is 0 Å². The summed E-state index contributed by atoms with van der Waals surface area (Å²) in [7, 11) is 3.28. The maximum Gasteiger partial charge on any atom is 0.161 e. The lowest BCUT2D eigenvalue weighted by molar-refractivity contribution is 0.356. The molecule has 3 aromatic rings. The lowest BCUT2D eigenvalue weighted by Crippen LogP contribution is -2.17. The Bertz CT molecular complexity index is 940. The Morgan fingerprint density at radius 2 is 1.77 bits per heavy atom. The molecule has 2 aromatic heterocycles. The summed E-state index contributed by atoms with van der Waals surface area (Å²) in [5.41, 5.74) is 0.972. The number of nitrogens with zero attached hydrogens (tertiary/aromatic N) is 3. The maximum absolute atomic E-state index is 5.46. The second-order valence-electron chi connectivity index (χ2n) is 6.60. The van der Waals surface area contributed by atoms with E-state index in [1.54, 1.807) is 20.4 Å². The first-order chi connectivity index (χ1) is 12.7. The van der Waals surface area contributed by atoms with E-state index in [2.05, 4.69) is 20.3 Å². The van der Waals surface area contributed by atoms with Gasteiger partial charge in [-0.2, -0.15) is 0 Å². The Hall–Kier alpha value is -2.89. The van der Waals surface area contributed by atoms with E-state index < -0.39 is 0 Å². The fourth-order valence-corrected chi connectivity index (χ4v) is 3.20. The number of methoxy groups -OCH3 is 2. The second kappa shape index (κ2) is 6.78. The van der Waals surface area contributed by atoms with Gasteiger partial charge in [-0.05, 0) is 55.3 Å². The summed E-state index contributed by atoms with van der Waals surface area (Å²) in [6, 6.07) is 7.88. The highest BCUT2D eigenvalue weighted by Gasteiger charge is 2.34. The summed E-state index contributed by atoms with van der Waals surface area (Å²) in [6.45, 7) is 1.99. The largest absolute Gasteiger partial charge is 0.493 e. The van der Waals surface area contributed by atoms with Gasteiger partial charge in [-0.1, -0.05) is 0 Å². The molecule has 2 heterocycles. The molecule has 1 fully saturated rings. The van der Waals surface area contributed by atoms with Crippen LogP contribution in [0.5, 0.6) is 11.5 Å².